The molecule has 0 aliphatic carbocycles. The van der Waals surface area contributed by atoms with E-state index in [-0.39, 0.29) is 17.2 Å². The Kier molecular flexibility index (Phi) is 3.02. The number of phenolic OH excluding ortho intramolecular Hbond substituents is 1. The van der Waals surface area contributed by atoms with Crippen molar-refractivity contribution in [3.05, 3.63) is 48.5 Å². The van der Waals surface area contributed by atoms with Crippen LogP contribution in [0, 0.1) is 0 Å². The Hall–Kier alpha value is -2.16. The summed E-state index contributed by atoms with van der Waals surface area (Å²) in [5, 5.41) is 9.22. The Morgan fingerprint density at radius 2 is 1.29 bits per heavy atom. The van der Waals surface area contributed by atoms with Gasteiger partial charge in [-0.2, -0.15) is 0 Å². The average Bonchev–Trinajstić information content (AvgIpc) is 2.24. The minimum Gasteiger partial charge on any atom is -0.508 e. The molecule has 3 nitrogen and oxygen atoms in total. The largest absolute Gasteiger partial charge is 0.508 e. The number of halogens is 5. The zero-order valence-electron chi connectivity index (χ0n) is 10.2. The number of hydrogen-bond acceptors (Lipinski definition) is 3. The minimum atomic E-state index is -10.0. The number of hydrogen-bond donors (Lipinski definition) is 1. The second-order valence-corrected chi connectivity index (χ2v) is 6.02. The summed E-state index contributed by atoms with van der Waals surface area (Å²) in [5.41, 5.74) is 0. The van der Waals surface area contributed by atoms with Crippen molar-refractivity contribution in [3.8, 4) is 23.0 Å². The first-order valence-electron chi connectivity index (χ1n) is 5.42. The van der Waals surface area contributed by atoms with Gasteiger partial charge in [-0.15, -0.1) is 0 Å². The molecular formula is C12H9F5O3S. The summed E-state index contributed by atoms with van der Waals surface area (Å²) in [6.45, 7) is 0. The Balaban J connectivity index is 2.23. The van der Waals surface area contributed by atoms with Gasteiger partial charge in [0.2, 0.25) is 0 Å². The van der Waals surface area contributed by atoms with E-state index in [0.29, 0.717) is 6.07 Å². The fourth-order valence-corrected chi connectivity index (χ4v) is 1.92. The number of ether oxygens (including phenoxy) is 1. The normalized spacial score (nSPS) is 14.9. The third-order valence-electron chi connectivity index (χ3n) is 2.11. The lowest BCUT2D eigenvalue weighted by atomic mass is 10.3. The van der Waals surface area contributed by atoms with Crippen LogP contribution < -0.4 is 8.92 Å². The molecule has 116 valence electrons. The predicted molar refractivity (Wildman–Crippen MR) is 68.4 cm³/mol. The van der Waals surface area contributed by atoms with Gasteiger partial charge in [0.1, 0.15) is 23.0 Å². The van der Waals surface area contributed by atoms with E-state index in [1.54, 1.807) is 0 Å². The van der Waals surface area contributed by atoms with Gasteiger partial charge in [-0.1, -0.05) is 31.6 Å². The highest BCUT2D eigenvalue weighted by atomic mass is 32.5. The second kappa shape index (κ2) is 4.17. The summed E-state index contributed by atoms with van der Waals surface area (Å²) in [7, 11) is -10.0. The van der Waals surface area contributed by atoms with Gasteiger partial charge in [-0.3, -0.25) is 0 Å². The fourth-order valence-electron chi connectivity index (χ4n) is 1.45. The standard InChI is InChI=1S/C12H9F5O3S/c13-21(14,15,16,17)20-12-6-2-5-11(8-12)19-10-4-1-3-9(18)7-10/h1-8,18H. The molecule has 0 aliphatic rings. The van der Waals surface area contributed by atoms with Gasteiger partial charge >= 0.3 is 10.5 Å². The Morgan fingerprint density at radius 1 is 0.762 bits per heavy atom. The molecule has 1 N–H and O–H groups in total. The number of aromatic hydroxyl groups is 1. The molecule has 0 amide bonds. The molecule has 0 radical (unpaired) electrons. The van der Waals surface area contributed by atoms with Crippen LogP contribution in [0.3, 0.4) is 0 Å². The predicted octanol–water partition coefficient (Wildman–Crippen LogP) is 5.78. The van der Waals surface area contributed by atoms with Crippen LogP contribution in [0.15, 0.2) is 48.5 Å². The average molecular weight is 328 g/mol. The number of rotatable bonds is 4. The first kappa shape index (κ1) is 15.2. The van der Waals surface area contributed by atoms with Gasteiger partial charge in [-0.05, 0) is 24.3 Å². The van der Waals surface area contributed by atoms with E-state index < -0.39 is 16.3 Å². The molecule has 0 aromatic heterocycles. The Labute approximate surface area is 116 Å². The highest BCUT2D eigenvalue weighted by molar-refractivity contribution is 8.42. The first-order chi connectivity index (χ1) is 9.40. The van der Waals surface area contributed by atoms with Crippen molar-refractivity contribution >= 4 is 10.5 Å². The maximum atomic E-state index is 12.2. The van der Waals surface area contributed by atoms with Crippen molar-refractivity contribution in [3.63, 3.8) is 0 Å². The van der Waals surface area contributed by atoms with Gasteiger partial charge in [0.05, 0.1) is 0 Å². The van der Waals surface area contributed by atoms with Crippen LogP contribution in [0.2, 0.25) is 0 Å². The lowest BCUT2D eigenvalue weighted by molar-refractivity contribution is 0.243. The highest BCUT2D eigenvalue weighted by Crippen LogP contribution is 2.97. The molecule has 0 saturated carbocycles. The lowest BCUT2D eigenvalue weighted by Gasteiger charge is -2.39. The van der Waals surface area contributed by atoms with Crippen LogP contribution in [-0.2, 0) is 0 Å². The zero-order chi connectivity index (χ0) is 15.8. The molecule has 0 spiro atoms. The topological polar surface area (TPSA) is 38.7 Å². The molecular weight excluding hydrogens is 319 g/mol. The van der Waals surface area contributed by atoms with Crippen molar-refractivity contribution in [2.75, 3.05) is 0 Å². The highest BCUT2D eigenvalue weighted by Gasteiger charge is 2.67. The fraction of sp³-hybridized carbons (Fsp3) is 0. The molecule has 0 saturated heterocycles. The lowest BCUT2D eigenvalue weighted by Crippen LogP contribution is -2.13. The van der Waals surface area contributed by atoms with Crippen LogP contribution in [0.25, 0.3) is 0 Å². The van der Waals surface area contributed by atoms with E-state index in [1.165, 1.54) is 30.3 Å². The minimum absolute atomic E-state index is 0.119. The van der Waals surface area contributed by atoms with Crippen molar-refractivity contribution in [2.45, 2.75) is 0 Å². The maximum Gasteiger partial charge on any atom is 0.435 e. The van der Waals surface area contributed by atoms with Crippen LogP contribution in [0.1, 0.15) is 0 Å². The van der Waals surface area contributed by atoms with Crippen LogP contribution in [0.4, 0.5) is 19.4 Å². The van der Waals surface area contributed by atoms with E-state index in [4.69, 9.17) is 4.74 Å². The molecule has 2 aromatic carbocycles. The molecule has 0 fully saturated rings. The smallest absolute Gasteiger partial charge is 0.435 e. The van der Waals surface area contributed by atoms with Crippen molar-refractivity contribution in [1.29, 1.82) is 0 Å². The van der Waals surface area contributed by atoms with Crippen molar-refractivity contribution in [2.24, 2.45) is 0 Å². The number of phenols is 1. The summed E-state index contributed by atoms with van der Waals surface area (Å²) in [4.78, 5) is 0. The third-order valence-corrected chi connectivity index (χ3v) is 2.62. The monoisotopic (exact) mass is 328 g/mol. The summed E-state index contributed by atoms with van der Waals surface area (Å²) in [6, 6.07) is 9.16. The van der Waals surface area contributed by atoms with Crippen molar-refractivity contribution in [1.82, 2.24) is 0 Å². The number of benzene rings is 2. The summed E-state index contributed by atoms with van der Waals surface area (Å²) in [6.07, 6.45) is 0. The molecule has 0 heterocycles. The Morgan fingerprint density at radius 3 is 1.86 bits per heavy atom. The molecule has 9 heteroatoms. The zero-order valence-corrected chi connectivity index (χ0v) is 11.0. The molecule has 2 rings (SSSR count). The second-order valence-electron chi connectivity index (χ2n) is 4.06. The SMILES string of the molecule is Oc1cccc(Oc2cccc(OS(F)(F)(F)(F)F)c2)c1. The summed E-state index contributed by atoms with van der Waals surface area (Å²) < 4.78 is 69.2. The van der Waals surface area contributed by atoms with E-state index in [0.717, 1.165) is 12.1 Å². The van der Waals surface area contributed by atoms with E-state index in [2.05, 4.69) is 4.18 Å². The molecule has 0 bridgehead atoms. The molecule has 21 heavy (non-hydrogen) atoms. The van der Waals surface area contributed by atoms with Crippen molar-refractivity contribution < 1.29 is 33.5 Å². The first-order valence-corrected chi connectivity index (χ1v) is 7.29. The van der Waals surface area contributed by atoms with E-state index >= 15 is 0 Å². The summed E-state index contributed by atoms with van der Waals surface area (Å²) in [5.74, 6) is -1.24. The van der Waals surface area contributed by atoms with Gasteiger partial charge in [0.15, 0.2) is 0 Å². The van der Waals surface area contributed by atoms with Gasteiger partial charge in [0, 0.05) is 12.1 Å². The molecule has 0 aliphatic heterocycles. The van der Waals surface area contributed by atoms with Gasteiger partial charge < -0.3 is 14.0 Å². The molecule has 2 aromatic rings. The summed E-state index contributed by atoms with van der Waals surface area (Å²) >= 11 is 0. The van der Waals surface area contributed by atoms with Crippen LogP contribution >= 0.6 is 10.5 Å². The third kappa shape index (κ3) is 5.38. The maximum absolute atomic E-state index is 12.2. The van der Waals surface area contributed by atoms with Crippen LogP contribution in [-0.4, -0.2) is 5.11 Å². The molecule has 0 unspecified atom stereocenters. The van der Waals surface area contributed by atoms with Gasteiger partial charge in [-0.25, -0.2) is 0 Å². The van der Waals surface area contributed by atoms with Crippen LogP contribution in [0.5, 0.6) is 23.0 Å². The van der Waals surface area contributed by atoms with E-state index in [1.807, 2.05) is 0 Å². The quantitative estimate of drug-likeness (QED) is 0.723. The van der Waals surface area contributed by atoms with E-state index in [9.17, 15) is 24.5 Å². The molecule has 0 atom stereocenters. The Bertz CT molecular complexity index is 672. The van der Waals surface area contributed by atoms with Gasteiger partial charge in [0.25, 0.3) is 0 Å².